The van der Waals surface area contributed by atoms with E-state index in [4.69, 9.17) is 0 Å². The van der Waals surface area contributed by atoms with Crippen molar-refractivity contribution in [2.75, 3.05) is 0 Å². The van der Waals surface area contributed by atoms with Crippen LogP contribution in [0.5, 0.6) is 0 Å². The molecule has 14 rings (SSSR count). The Morgan fingerprint density at radius 3 is 0.700 bits per heavy atom. The van der Waals surface area contributed by atoms with Crippen molar-refractivity contribution in [2.24, 2.45) is 0 Å². The molecule has 0 atom stereocenters. The standard InChI is InChI=1S/C73H52O3P4/c74-78(56-29-13-3-14-30-56,57-31-15-4-16-32-57)62-42-46-66-65-45-41-55(77(53-25-9-1-10-26-53)54-27-11-2-12-28-54)49-69(65)73(70(66)50-62)71-51-63(79(75,58-33-17-5-18-34-58)59-35-19-6-20-36-59)43-47-67(71)68-48-44-64(52-72(68)73)80(76,60-37-21-7-22-38-60)61-39-23-8-24-40-61/h1-52H. The summed E-state index contributed by atoms with van der Waals surface area (Å²) in [7, 11) is -11.7. The smallest absolute Gasteiger partial charge is 0.171 e. The van der Waals surface area contributed by atoms with Crippen molar-refractivity contribution >= 4 is 93.0 Å². The molecule has 382 valence electrons. The molecule has 12 aromatic rings. The second-order valence-electron chi connectivity index (χ2n) is 20.5. The Bertz CT molecular complexity index is 3960. The van der Waals surface area contributed by atoms with Crippen LogP contribution in [0.4, 0.5) is 0 Å². The van der Waals surface area contributed by atoms with Gasteiger partial charge in [0.25, 0.3) is 0 Å². The van der Waals surface area contributed by atoms with Gasteiger partial charge in [-0.05, 0) is 92.6 Å². The lowest BCUT2D eigenvalue weighted by atomic mass is 9.70. The molecule has 3 nitrogen and oxygen atoms in total. The van der Waals surface area contributed by atoms with Crippen LogP contribution in [0.25, 0.3) is 22.3 Å². The summed E-state index contributed by atoms with van der Waals surface area (Å²) in [4.78, 5) is 0. The third kappa shape index (κ3) is 7.79. The molecule has 0 aliphatic heterocycles. The highest BCUT2D eigenvalue weighted by atomic mass is 31.2. The summed E-state index contributed by atoms with van der Waals surface area (Å²) in [6.07, 6.45) is 0. The Morgan fingerprint density at radius 2 is 0.438 bits per heavy atom. The van der Waals surface area contributed by atoms with E-state index in [-0.39, 0.29) is 0 Å². The molecule has 0 bridgehead atoms. The van der Waals surface area contributed by atoms with Gasteiger partial charge in [0.1, 0.15) is 0 Å². The van der Waals surface area contributed by atoms with Gasteiger partial charge in [-0.15, -0.1) is 0 Å². The number of rotatable bonds is 12. The molecule has 2 aliphatic carbocycles. The maximum Gasteiger partial charge on any atom is 0.171 e. The van der Waals surface area contributed by atoms with Crippen molar-refractivity contribution in [1.29, 1.82) is 0 Å². The lowest BCUT2D eigenvalue weighted by Crippen LogP contribution is -2.33. The van der Waals surface area contributed by atoms with E-state index in [1.54, 1.807) is 0 Å². The Kier molecular flexibility index (Phi) is 12.6. The van der Waals surface area contributed by atoms with Crippen molar-refractivity contribution < 1.29 is 13.7 Å². The molecule has 12 aromatic carbocycles. The van der Waals surface area contributed by atoms with Crippen LogP contribution in [-0.4, -0.2) is 0 Å². The van der Waals surface area contributed by atoms with E-state index >= 15 is 13.7 Å². The Balaban J connectivity index is 1.13. The highest BCUT2D eigenvalue weighted by Crippen LogP contribution is 2.64. The second kappa shape index (κ2) is 20.1. The molecule has 0 heterocycles. The Labute approximate surface area is 469 Å². The van der Waals surface area contributed by atoms with Crippen LogP contribution in [-0.2, 0) is 19.1 Å². The molecule has 80 heavy (non-hydrogen) atoms. The minimum absolute atomic E-state index is 0.706. The molecule has 1 spiro atoms. The zero-order valence-electron chi connectivity index (χ0n) is 43.5. The van der Waals surface area contributed by atoms with Gasteiger partial charge in [-0.1, -0.05) is 291 Å². The van der Waals surface area contributed by atoms with Crippen LogP contribution in [0, 0.1) is 0 Å². The SMILES string of the molecule is O=P(c1ccccc1)(c1ccccc1)c1ccc2c(c1)C1(c3cc(P(c4ccccc4)c4ccccc4)ccc3-2)c2cc(P(=O)(c3ccccc3)c3ccccc3)ccc2-c2ccc(P(=O)(c3ccccc3)c3ccccc3)cc21. The van der Waals surface area contributed by atoms with Crippen LogP contribution < -0.4 is 63.7 Å². The molecule has 0 amide bonds. The van der Waals surface area contributed by atoms with E-state index < -0.39 is 34.8 Å². The third-order valence-corrected chi connectivity index (χ3v) is 27.9. The van der Waals surface area contributed by atoms with E-state index in [0.717, 1.165) is 76.3 Å². The van der Waals surface area contributed by atoms with Gasteiger partial charge in [-0.2, -0.15) is 0 Å². The molecule has 0 fully saturated rings. The van der Waals surface area contributed by atoms with Crippen molar-refractivity contribution in [3.05, 3.63) is 338 Å². The summed E-state index contributed by atoms with van der Waals surface area (Å²) < 4.78 is 50.3. The lowest BCUT2D eigenvalue weighted by molar-refractivity contribution is 0.591. The molecule has 0 aromatic heterocycles. The van der Waals surface area contributed by atoms with Crippen LogP contribution in [0.15, 0.2) is 315 Å². The normalized spacial score (nSPS) is 13.1. The zero-order valence-corrected chi connectivity index (χ0v) is 47.1. The average molecular weight is 1100 g/mol. The molecule has 0 N–H and O–H groups in total. The van der Waals surface area contributed by atoms with Crippen molar-refractivity contribution in [1.82, 2.24) is 0 Å². The molecular weight excluding hydrogens is 1050 g/mol. The molecule has 0 saturated carbocycles. The van der Waals surface area contributed by atoms with E-state index in [1.165, 1.54) is 15.9 Å². The molecule has 0 unspecified atom stereocenters. The molecule has 0 radical (unpaired) electrons. The monoisotopic (exact) mass is 1100 g/mol. The fourth-order valence-corrected chi connectivity index (χ4v) is 23.0. The van der Waals surface area contributed by atoms with Crippen LogP contribution in [0.2, 0.25) is 0 Å². The fourth-order valence-electron chi connectivity index (χ4n) is 12.7. The maximum atomic E-state index is 16.8. The van der Waals surface area contributed by atoms with Crippen LogP contribution in [0.3, 0.4) is 0 Å². The van der Waals surface area contributed by atoms with Gasteiger partial charge in [0.15, 0.2) is 21.4 Å². The van der Waals surface area contributed by atoms with Gasteiger partial charge in [0, 0.05) is 47.7 Å². The minimum atomic E-state index is -3.55. The minimum Gasteiger partial charge on any atom is -0.309 e. The average Bonchev–Trinajstić information content (AvgIpc) is 4.23. The second-order valence-corrected chi connectivity index (χ2v) is 31.0. The van der Waals surface area contributed by atoms with E-state index in [1.807, 2.05) is 182 Å². The van der Waals surface area contributed by atoms with Gasteiger partial charge in [-0.3, -0.25) is 0 Å². The first-order valence-electron chi connectivity index (χ1n) is 27.0. The number of hydrogen-bond donors (Lipinski definition) is 0. The van der Waals surface area contributed by atoms with Gasteiger partial charge in [0.2, 0.25) is 0 Å². The first-order chi connectivity index (χ1) is 39.3. The van der Waals surface area contributed by atoms with E-state index in [0.29, 0.717) is 15.9 Å². The van der Waals surface area contributed by atoms with Crippen molar-refractivity contribution in [3.8, 4) is 22.3 Å². The molecule has 2 aliphatic rings. The van der Waals surface area contributed by atoms with Crippen molar-refractivity contribution in [3.63, 3.8) is 0 Å². The summed E-state index contributed by atoms with van der Waals surface area (Å²) in [5.41, 5.74) is 6.92. The predicted molar refractivity (Wildman–Crippen MR) is 340 cm³/mol. The first kappa shape index (κ1) is 50.0. The van der Waals surface area contributed by atoms with Gasteiger partial charge in [-0.25, -0.2) is 0 Å². The van der Waals surface area contributed by atoms with Gasteiger partial charge >= 0.3 is 0 Å². The molecular formula is C73H52O3P4. The lowest BCUT2D eigenvalue weighted by Gasteiger charge is -2.33. The molecule has 7 heteroatoms. The summed E-state index contributed by atoms with van der Waals surface area (Å²) in [6, 6.07) is 107. The maximum absolute atomic E-state index is 16.8. The zero-order chi connectivity index (χ0) is 53.9. The van der Waals surface area contributed by atoms with Gasteiger partial charge in [0.05, 0.1) is 5.41 Å². The van der Waals surface area contributed by atoms with Crippen molar-refractivity contribution in [2.45, 2.75) is 5.41 Å². The van der Waals surface area contributed by atoms with E-state index in [2.05, 4.69) is 133 Å². The summed E-state index contributed by atoms with van der Waals surface area (Å²) >= 11 is 0. The predicted octanol–water partition coefficient (Wildman–Crippen LogP) is 12.7. The number of benzene rings is 12. The summed E-state index contributed by atoms with van der Waals surface area (Å²) in [5, 5.41) is 10.2. The first-order valence-corrected chi connectivity index (χ1v) is 33.4. The Morgan fingerprint density at radius 1 is 0.212 bits per heavy atom. The summed E-state index contributed by atoms with van der Waals surface area (Å²) in [5.74, 6) is 0. The van der Waals surface area contributed by atoms with Crippen LogP contribution in [0.1, 0.15) is 22.3 Å². The third-order valence-electron chi connectivity index (χ3n) is 16.3. The quantitative estimate of drug-likeness (QED) is 0.115. The van der Waals surface area contributed by atoms with E-state index in [9.17, 15) is 0 Å². The van der Waals surface area contributed by atoms with Gasteiger partial charge < -0.3 is 13.7 Å². The Hall–Kier alpha value is -8.24. The number of fused-ring (bicyclic) bond motifs is 10. The topological polar surface area (TPSA) is 51.2 Å². The highest BCUT2D eigenvalue weighted by molar-refractivity contribution is 7.86. The summed E-state index contributed by atoms with van der Waals surface area (Å²) in [6.45, 7) is 0. The van der Waals surface area contributed by atoms with Crippen LogP contribution >= 0.6 is 29.3 Å². The largest absolute Gasteiger partial charge is 0.309 e. The number of hydrogen-bond acceptors (Lipinski definition) is 3. The highest BCUT2D eigenvalue weighted by Gasteiger charge is 2.54. The fraction of sp³-hybridized carbons (Fsp3) is 0.0137. The molecule has 0 saturated heterocycles.